The van der Waals surface area contributed by atoms with Gasteiger partial charge in [-0.15, -0.1) is 10.2 Å². The van der Waals surface area contributed by atoms with Crippen molar-refractivity contribution in [3.63, 3.8) is 0 Å². The molecule has 0 aliphatic carbocycles. The second-order valence-electron chi connectivity index (χ2n) is 4.51. The van der Waals surface area contributed by atoms with Crippen LogP contribution in [0, 0.1) is 21.4 Å². The van der Waals surface area contributed by atoms with Crippen LogP contribution in [-0.4, -0.2) is 15.1 Å². The lowest BCUT2D eigenvalue weighted by molar-refractivity contribution is -0.387. The van der Waals surface area contributed by atoms with E-state index in [2.05, 4.69) is 10.2 Å². The van der Waals surface area contributed by atoms with Gasteiger partial charge < -0.3 is 4.42 Å². The monoisotopic (exact) mass is 358 g/mol. The van der Waals surface area contributed by atoms with E-state index in [0.29, 0.717) is 16.1 Å². The zero-order valence-electron chi connectivity index (χ0n) is 11.8. The minimum atomic E-state index is -0.533. The summed E-state index contributed by atoms with van der Waals surface area (Å²) in [5, 5.41) is 28.4. The van der Waals surface area contributed by atoms with E-state index in [4.69, 9.17) is 21.3 Å². The molecule has 24 heavy (non-hydrogen) atoms. The smallest absolute Gasteiger partial charge is 0.283 e. The van der Waals surface area contributed by atoms with E-state index >= 15 is 0 Å². The van der Waals surface area contributed by atoms with Crippen molar-refractivity contribution < 1.29 is 9.34 Å². The van der Waals surface area contributed by atoms with E-state index in [1.54, 1.807) is 24.3 Å². The highest BCUT2D eigenvalue weighted by atomic mass is 35.5. The molecule has 0 fully saturated rings. The molecule has 0 bridgehead atoms. The number of aromatic nitrogens is 2. The first-order chi connectivity index (χ1) is 11.6. The van der Waals surface area contributed by atoms with Gasteiger partial charge in [-0.2, -0.15) is 5.26 Å². The molecule has 0 unspecified atom stereocenters. The van der Waals surface area contributed by atoms with Gasteiger partial charge in [0.05, 0.1) is 32.0 Å². The molecule has 0 atom stereocenters. The van der Waals surface area contributed by atoms with Gasteiger partial charge in [0, 0.05) is 6.07 Å². The summed E-state index contributed by atoms with van der Waals surface area (Å²) in [4.78, 5) is 10.8. The standard InChI is InChI=1S/C15H7ClN4O3S/c16-11-4-2-1-3-10(11)14-18-19-15(23-14)24-13-7-9(8-17)5-6-12(13)20(21)22/h1-7H. The van der Waals surface area contributed by atoms with Crippen LogP contribution in [0.25, 0.3) is 11.5 Å². The Hall–Kier alpha value is -2.89. The van der Waals surface area contributed by atoms with E-state index < -0.39 is 4.92 Å². The maximum atomic E-state index is 11.1. The second kappa shape index (κ2) is 6.70. The van der Waals surface area contributed by atoms with Crippen LogP contribution >= 0.6 is 23.4 Å². The van der Waals surface area contributed by atoms with Crippen molar-refractivity contribution in [1.29, 1.82) is 5.26 Å². The predicted molar refractivity (Wildman–Crippen MR) is 86.7 cm³/mol. The van der Waals surface area contributed by atoms with Gasteiger partial charge in [0.2, 0.25) is 5.89 Å². The van der Waals surface area contributed by atoms with Gasteiger partial charge in [-0.1, -0.05) is 23.7 Å². The average molecular weight is 359 g/mol. The Labute approximate surface area is 145 Å². The molecule has 0 saturated heterocycles. The number of nitrogens with zero attached hydrogens (tertiary/aromatic N) is 4. The molecule has 1 heterocycles. The highest BCUT2D eigenvalue weighted by Crippen LogP contribution is 2.36. The van der Waals surface area contributed by atoms with Crippen molar-refractivity contribution >= 4 is 29.1 Å². The molecule has 3 rings (SSSR count). The Morgan fingerprint density at radius 1 is 1.25 bits per heavy atom. The molecule has 118 valence electrons. The minimum absolute atomic E-state index is 0.114. The zero-order chi connectivity index (χ0) is 17.1. The Bertz CT molecular complexity index is 967. The van der Waals surface area contributed by atoms with Crippen molar-refractivity contribution in [2.24, 2.45) is 0 Å². The lowest BCUT2D eigenvalue weighted by Crippen LogP contribution is -1.91. The summed E-state index contributed by atoms with van der Waals surface area (Å²) in [5.74, 6) is 0.210. The van der Waals surface area contributed by atoms with Gasteiger partial charge in [0.1, 0.15) is 0 Å². The molecule has 0 radical (unpaired) electrons. The summed E-state index contributed by atoms with van der Waals surface area (Å²) in [7, 11) is 0. The lowest BCUT2D eigenvalue weighted by Gasteiger charge is -2.00. The number of halogens is 1. The van der Waals surface area contributed by atoms with E-state index in [1.807, 2.05) is 6.07 Å². The maximum Gasteiger partial charge on any atom is 0.283 e. The summed E-state index contributed by atoms with van der Waals surface area (Å²) < 4.78 is 5.51. The van der Waals surface area contributed by atoms with Crippen LogP contribution in [0.4, 0.5) is 5.69 Å². The summed E-state index contributed by atoms with van der Waals surface area (Å²) in [6.45, 7) is 0. The third-order valence-corrected chi connectivity index (χ3v) is 4.21. The largest absolute Gasteiger partial charge is 0.411 e. The third kappa shape index (κ3) is 3.22. The number of hydrogen-bond acceptors (Lipinski definition) is 7. The topological polar surface area (TPSA) is 106 Å². The van der Waals surface area contributed by atoms with E-state index in [-0.39, 0.29) is 21.7 Å². The van der Waals surface area contributed by atoms with Gasteiger partial charge in [0.25, 0.3) is 10.9 Å². The number of nitro benzene ring substituents is 1. The van der Waals surface area contributed by atoms with E-state index in [1.165, 1.54) is 18.2 Å². The normalized spacial score (nSPS) is 10.3. The Kier molecular flexibility index (Phi) is 4.46. The first kappa shape index (κ1) is 16.0. The molecule has 0 aliphatic rings. The fourth-order valence-electron chi connectivity index (χ4n) is 1.90. The van der Waals surface area contributed by atoms with Crippen LogP contribution in [0.3, 0.4) is 0 Å². The molecular formula is C15H7ClN4O3S. The molecule has 2 aromatic carbocycles. The highest BCUT2D eigenvalue weighted by Gasteiger charge is 2.19. The number of nitriles is 1. The summed E-state index contributed by atoms with van der Waals surface area (Å²) in [5.41, 5.74) is 0.726. The Morgan fingerprint density at radius 3 is 2.75 bits per heavy atom. The molecule has 9 heteroatoms. The summed E-state index contributed by atoms with van der Waals surface area (Å²) in [6.07, 6.45) is 0. The quantitative estimate of drug-likeness (QED) is 0.505. The van der Waals surface area contributed by atoms with Gasteiger partial charge >= 0.3 is 0 Å². The second-order valence-corrected chi connectivity index (χ2v) is 5.91. The molecule has 0 spiro atoms. The van der Waals surface area contributed by atoms with Crippen molar-refractivity contribution in [3.05, 3.63) is 63.2 Å². The Morgan fingerprint density at radius 2 is 2.04 bits per heavy atom. The molecule has 3 aromatic rings. The van der Waals surface area contributed by atoms with Gasteiger partial charge in [-0.3, -0.25) is 10.1 Å². The van der Waals surface area contributed by atoms with Crippen LogP contribution in [0.2, 0.25) is 5.02 Å². The molecule has 0 saturated carbocycles. The highest BCUT2D eigenvalue weighted by molar-refractivity contribution is 7.99. The van der Waals surface area contributed by atoms with E-state index in [9.17, 15) is 10.1 Å². The van der Waals surface area contributed by atoms with Crippen LogP contribution in [-0.2, 0) is 0 Å². The van der Waals surface area contributed by atoms with Crippen LogP contribution in [0.1, 0.15) is 5.56 Å². The van der Waals surface area contributed by atoms with Gasteiger partial charge in [-0.05, 0) is 36.0 Å². The van der Waals surface area contributed by atoms with Gasteiger partial charge in [-0.25, -0.2) is 0 Å². The number of rotatable bonds is 4. The average Bonchev–Trinajstić information content (AvgIpc) is 3.03. The fourth-order valence-corrected chi connectivity index (χ4v) is 2.94. The molecular weight excluding hydrogens is 352 g/mol. The van der Waals surface area contributed by atoms with Crippen molar-refractivity contribution in [2.45, 2.75) is 10.1 Å². The van der Waals surface area contributed by atoms with Gasteiger partial charge in [0.15, 0.2) is 0 Å². The number of benzene rings is 2. The minimum Gasteiger partial charge on any atom is -0.411 e. The Balaban J connectivity index is 1.95. The fraction of sp³-hybridized carbons (Fsp3) is 0. The van der Waals surface area contributed by atoms with E-state index in [0.717, 1.165) is 11.8 Å². The number of hydrogen-bond donors (Lipinski definition) is 0. The predicted octanol–water partition coefficient (Wildman–Crippen LogP) is 4.32. The van der Waals surface area contributed by atoms with Crippen LogP contribution < -0.4 is 0 Å². The van der Waals surface area contributed by atoms with Crippen molar-refractivity contribution in [2.75, 3.05) is 0 Å². The van der Waals surface area contributed by atoms with Crippen molar-refractivity contribution in [1.82, 2.24) is 10.2 Å². The third-order valence-electron chi connectivity index (χ3n) is 2.99. The SMILES string of the molecule is N#Cc1ccc([N+](=O)[O-])c(Sc2nnc(-c3ccccc3Cl)o2)c1. The first-order valence-corrected chi connectivity index (χ1v) is 7.72. The first-order valence-electron chi connectivity index (χ1n) is 6.53. The summed E-state index contributed by atoms with van der Waals surface area (Å²) in [6, 6.07) is 13.0. The number of nitro groups is 1. The van der Waals surface area contributed by atoms with Crippen LogP contribution in [0.5, 0.6) is 0 Å². The molecule has 0 N–H and O–H groups in total. The maximum absolute atomic E-state index is 11.1. The van der Waals surface area contributed by atoms with Crippen molar-refractivity contribution in [3.8, 4) is 17.5 Å². The summed E-state index contributed by atoms with van der Waals surface area (Å²) >= 11 is 6.99. The zero-order valence-corrected chi connectivity index (χ0v) is 13.4. The molecule has 0 aliphatic heterocycles. The molecule has 0 amide bonds. The lowest BCUT2D eigenvalue weighted by atomic mass is 10.2. The molecule has 7 nitrogen and oxygen atoms in total. The molecule has 1 aromatic heterocycles. The van der Waals surface area contributed by atoms with Crippen LogP contribution in [0.15, 0.2) is 57.0 Å².